The van der Waals surface area contributed by atoms with Crippen LogP contribution in [-0.2, 0) is 29.2 Å². The van der Waals surface area contributed by atoms with E-state index in [1.54, 1.807) is 64.4 Å². The summed E-state index contributed by atoms with van der Waals surface area (Å²) in [6, 6.07) is 4.42. The second kappa shape index (κ2) is 15.9. The number of sulfonamides is 1. The first kappa shape index (κ1) is 42.2. The van der Waals surface area contributed by atoms with Gasteiger partial charge in [0.2, 0.25) is 27.7 Å². The Morgan fingerprint density at radius 3 is 2.39 bits per heavy atom. The number of carbonyl (C=O) groups is 5. The number of carboxylic acid groups (broad SMARTS) is 1. The number of benzene rings is 1. The number of hydrogen-bond acceptors (Lipinski definition) is 10. The van der Waals surface area contributed by atoms with E-state index >= 15 is 0 Å². The number of ether oxygens (including phenoxy) is 2. The highest BCUT2D eigenvalue weighted by molar-refractivity contribution is 7.91. The van der Waals surface area contributed by atoms with Crippen molar-refractivity contribution in [2.75, 3.05) is 13.7 Å². The van der Waals surface area contributed by atoms with Crippen molar-refractivity contribution in [3.8, 4) is 11.6 Å². The lowest BCUT2D eigenvalue weighted by Crippen LogP contribution is -2.61. The maximum Gasteiger partial charge on any atom is 0.408 e. The molecule has 15 nitrogen and oxygen atoms in total. The number of pyridine rings is 1. The zero-order valence-corrected chi connectivity index (χ0v) is 33.9. The Bertz CT molecular complexity index is 2030. The Morgan fingerprint density at radius 1 is 1.12 bits per heavy atom. The number of nitrogens with one attached hydrogen (secondary N) is 2. The molecule has 5 rings (SSSR count). The predicted octanol–water partition coefficient (Wildman–Crippen LogP) is 4.36. The Balaban J connectivity index is 1.49. The summed E-state index contributed by atoms with van der Waals surface area (Å²) in [7, 11) is -2.41. The van der Waals surface area contributed by atoms with E-state index in [0.717, 1.165) is 10.3 Å². The van der Waals surface area contributed by atoms with Gasteiger partial charge in [-0.05, 0) is 87.6 Å². The topological polar surface area (TPSA) is 202 Å². The second-order valence-electron chi connectivity index (χ2n) is 16.9. The molecule has 1 saturated heterocycles. The fourth-order valence-electron chi connectivity index (χ4n) is 7.05. The average Bonchev–Trinajstić information content (AvgIpc) is 4.04. The van der Waals surface area contributed by atoms with Gasteiger partial charge in [-0.15, -0.1) is 6.58 Å². The van der Waals surface area contributed by atoms with Gasteiger partial charge in [-0.3, -0.25) is 28.8 Å². The number of nitrogens with zero attached hydrogens (tertiary/aromatic N) is 3. The third-order valence-corrected chi connectivity index (χ3v) is 12.1. The van der Waals surface area contributed by atoms with Gasteiger partial charge in [0, 0.05) is 35.9 Å². The van der Waals surface area contributed by atoms with Crippen molar-refractivity contribution in [1.82, 2.24) is 24.8 Å². The van der Waals surface area contributed by atoms with Crippen molar-refractivity contribution >= 4 is 50.4 Å². The molecule has 2 heterocycles. The molecule has 56 heavy (non-hydrogen) atoms. The SMILES string of the molecule is C=C[C@@H]1C[C@]1(NC(=O)[C@@H]1C[C@@H](Oc2nccc3cc(OC)ccc23)CN1C(=O)[C@H](CCC(=O)C=CC(C)(C)C)N(C(=O)O)C(C)(C)C)C(=O)NS(=O)(=O)C1CC1. The van der Waals surface area contributed by atoms with Gasteiger partial charge < -0.3 is 24.8 Å². The summed E-state index contributed by atoms with van der Waals surface area (Å²) in [6.45, 7) is 14.3. The number of aromatic nitrogens is 1. The Labute approximate surface area is 327 Å². The smallest absolute Gasteiger partial charge is 0.408 e. The molecule has 5 atom stereocenters. The van der Waals surface area contributed by atoms with Crippen LogP contribution >= 0.6 is 0 Å². The van der Waals surface area contributed by atoms with Crippen molar-refractivity contribution in [3.63, 3.8) is 0 Å². The molecule has 16 heteroatoms. The van der Waals surface area contributed by atoms with Crippen LogP contribution in [0, 0.1) is 11.3 Å². The standard InChI is InChI=1S/C40H53N5O10S/c1-9-25-22-40(25,36(49)43-56(52,53)29-12-13-29)42-33(47)32-21-28(55-34-30-14-11-27(54-8)20-24(30)17-19-41-34)23-44(32)35(48)31(45(37(50)51)39(5,6)7)15-10-26(46)16-18-38(2,3)4/h9,11,14,16-20,25,28-29,31-32H,1,10,12-13,15,21-23H2,2-8H3,(H,42,47)(H,43,49)(H,50,51)/t25-,28-,31+,32+,40-/m1/s1. The van der Waals surface area contributed by atoms with Crippen LogP contribution < -0.4 is 19.5 Å². The summed E-state index contributed by atoms with van der Waals surface area (Å²) < 4.78 is 39.3. The minimum Gasteiger partial charge on any atom is -0.497 e. The van der Waals surface area contributed by atoms with E-state index in [1.165, 1.54) is 17.1 Å². The van der Waals surface area contributed by atoms with E-state index in [4.69, 9.17) is 9.47 Å². The van der Waals surface area contributed by atoms with Crippen LogP contribution in [-0.4, -0.2) is 106 Å². The number of hydrogen-bond donors (Lipinski definition) is 3. The zero-order valence-electron chi connectivity index (χ0n) is 33.0. The molecule has 4 amide bonds. The third kappa shape index (κ3) is 9.51. The molecule has 1 aromatic heterocycles. The third-order valence-electron chi connectivity index (χ3n) is 10.3. The first-order valence-electron chi connectivity index (χ1n) is 18.7. The Hall–Kier alpha value is -4.99. The Morgan fingerprint density at radius 2 is 1.82 bits per heavy atom. The monoisotopic (exact) mass is 795 g/mol. The summed E-state index contributed by atoms with van der Waals surface area (Å²) in [5.41, 5.74) is -3.02. The summed E-state index contributed by atoms with van der Waals surface area (Å²) in [6.07, 6.45) is 4.48. The van der Waals surface area contributed by atoms with Crippen molar-refractivity contribution in [3.05, 3.63) is 55.3 Å². The molecule has 1 aromatic carbocycles. The Kier molecular flexibility index (Phi) is 11.9. The fourth-order valence-corrected chi connectivity index (χ4v) is 8.41. The minimum atomic E-state index is -3.95. The molecule has 0 unspecified atom stereocenters. The highest BCUT2D eigenvalue weighted by Gasteiger charge is 2.62. The van der Waals surface area contributed by atoms with E-state index in [2.05, 4.69) is 21.6 Å². The maximum absolute atomic E-state index is 14.8. The molecule has 0 bridgehead atoms. The van der Waals surface area contributed by atoms with Crippen molar-refractivity contribution in [2.24, 2.45) is 11.3 Å². The van der Waals surface area contributed by atoms with Gasteiger partial charge in [-0.2, -0.15) is 0 Å². The fraction of sp³-hybridized carbons (Fsp3) is 0.550. The van der Waals surface area contributed by atoms with Gasteiger partial charge in [0.1, 0.15) is 29.5 Å². The number of ketones is 1. The first-order valence-corrected chi connectivity index (χ1v) is 20.3. The van der Waals surface area contributed by atoms with Gasteiger partial charge >= 0.3 is 6.09 Å². The molecular formula is C40H53N5O10S. The molecule has 2 aliphatic carbocycles. The number of carbonyl (C=O) groups excluding carboxylic acids is 4. The summed E-state index contributed by atoms with van der Waals surface area (Å²) in [5, 5.41) is 13.9. The van der Waals surface area contributed by atoms with Crippen molar-refractivity contribution in [1.29, 1.82) is 0 Å². The zero-order chi connectivity index (χ0) is 41.4. The quantitative estimate of drug-likeness (QED) is 0.171. The van der Waals surface area contributed by atoms with Gasteiger partial charge in [-0.1, -0.05) is 32.9 Å². The average molecular weight is 796 g/mol. The van der Waals surface area contributed by atoms with Gasteiger partial charge in [-0.25, -0.2) is 18.2 Å². The van der Waals surface area contributed by atoms with Crippen LogP contribution in [0.4, 0.5) is 4.79 Å². The summed E-state index contributed by atoms with van der Waals surface area (Å²) in [5.74, 6) is -2.43. The molecule has 304 valence electrons. The predicted molar refractivity (Wildman–Crippen MR) is 208 cm³/mol. The molecule has 3 aliphatic rings. The molecule has 2 saturated carbocycles. The number of allylic oxidation sites excluding steroid dienone is 2. The maximum atomic E-state index is 14.8. The lowest BCUT2D eigenvalue weighted by Gasteiger charge is -2.41. The van der Waals surface area contributed by atoms with Crippen molar-refractivity contribution < 1.29 is 47.0 Å². The lowest BCUT2D eigenvalue weighted by molar-refractivity contribution is -0.144. The number of rotatable bonds is 15. The highest BCUT2D eigenvalue weighted by atomic mass is 32.2. The number of amides is 4. The second-order valence-corrected chi connectivity index (χ2v) is 18.9. The molecule has 3 N–H and O–H groups in total. The molecular weight excluding hydrogens is 743 g/mol. The van der Waals surface area contributed by atoms with E-state index in [0.29, 0.717) is 24.0 Å². The molecule has 0 spiro atoms. The van der Waals surface area contributed by atoms with Crippen LogP contribution in [0.15, 0.2) is 55.3 Å². The highest BCUT2D eigenvalue weighted by Crippen LogP contribution is 2.45. The van der Waals surface area contributed by atoms with E-state index in [9.17, 15) is 37.5 Å². The van der Waals surface area contributed by atoms with Crippen LogP contribution in [0.25, 0.3) is 10.8 Å². The van der Waals surface area contributed by atoms with Crippen LogP contribution in [0.3, 0.4) is 0 Å². The van der Waals surface area contributed by atoms with Crippen LogP contribution in [0.5, 0.6) is 11.6 Å². The van der Waals surface area contributed by atoms with Gasteiger partial charge in [0.15, 0.2) is 5.78 Å². The molecule has 0 radical (unpaired) electrons. The summed E-state index contributed by atoms with van der Waals surface area (Å²) in [4.78, 5) is 75.3. The largest absolute Gasteiger partial charge is 0.497 e. The first-order chi connectivity index (χ1) is 26.1. The van der Waals surface area contributed by atoms with E-state index < -0.39 is 74.3 Å². The molecule has 1 aliphatic heterocycles. The van der Waals surface area contributed by atoms with Crippen molar-refractivity contribution in [2.45, 2.75) is 115 Å². The minimum absolute atomic E-state index is 0.0782. The van der Waals surface area contributed by atoms with Crippen LogP contribution in [0.2, 0.25) is 0 Å². The number of fused-ring (bicyclic) bond motifs is 1. The van der Waals surface area contributed by atoms with Gasteiger partial charge in [0.05, 0.1) is 18.9 Å². The molecule has 3 fully saturated rings. The summed E-state index contributed by atoms with van der Waals surface area (Å²) >= 11 is 0. The number of likely N-dealkylation sites (tertiary alicyclic amines) is 1. The normalized spacial score (nSPS) is 23.0. The van der Waals surface area contributed by atoms with E-state index in [1.807, 2.05) is 20.8 Å². The van der Waals surface area contributed by atoms with Crippen LogP contribution in [0.1, 0.15) is 80.1 Å². The van der Waals surface area contributed by atoms with E-state index in [-0.39, 0.29) is 49.3 Å². The number of methoxy groups -OCH3 is 1. The lowest BCUT2D eigenvalue weighted by atomic mass is 9.94. The van der Waals surface area contributed by atoms with Gasteiger partial charge in [0.25, 0.3) is 5.91 Å². The molecule has 2 aromatic rings.